The summed E-state index contributed by atoms with van der Waals surface area (Å²) in [5.41, 5.74) is 2.90. The van der Waals surface area contributed by atoms with Crippen LogP contribution in [0.25, 0.3) is 0 Å². The SMILES string of the molecule is ICC[C@@H](CI)OC(c1ccccc1)(c1ccccc1)c1ccccc1. The van der Waals surface area contributed by atoms with Gasteiger partial charge >= 0.3 is 0 Å². The summed E-state index contributed by atoms with van der Waals surface area (Å²) in [7, 11) is 0. The highest BCUT2D eigenvalue weighted by Gasteiger charge is 2.39. The molecule has 1 atom stereocenters. The number of halogens is 2. The molecule has 0 aliphatic rings. The predicted molar refractivity (Wildman–Crippen MR) is 126 cm³/mol. The molecular formula is C23H22I2O. The molecule has 0 heterocycles. The number of alkyl halides is 2. The first kappa shape index (κ1) is 19.8. The molecule has 0 saturated heterocycles. The fourth-order valence-corrected chi connectivity index (χ4v) is 4.58. The van der Waals surface area contributed by atoms with Crippen LogP contribution in [0.4, 0.5) is 0 Å². The van der Waals surface area contributed by atoms with Crippen molar-refractivity contribution in [2.75, 3.05) is 8.86 Å². The monoisotopic (exact) mass is 568 g/mol. The highest BCUT2D eigenvalue weighted by Crippen LogP contribution is 2.41. The molecule has 0 spiro atoms. The van der Waals surface area contributed by atoms with E-state index < -0.39 is 5.60 Å². The summed E-state index contributed by atoms with van der Waals surface area (Å²) in [5.74, 6) is 0. The Morgan fingerprint density at radius 1 is 0.654 bits per heavy atom. The Bertz CT molecular complexity index is 678. The summed E-state index contributed by atoms with van der Waals surface area (Å²) in [5, 5.41) is 0. The molecule has 3 rings (SSSR count). The van der Waals surface area contributed by atoms with Gasteiger partial charge in [-0.2, -0.15) is 0 Å². The third-order valence-electron chi connectivity index (χ3n) is 4.49. The van der Waals surface area contributed by atoms with Gasteiger partial charge in [0.1, 0.15) is 5.60 Å². The van der Waals surface area contributed by atoms with Crippen LogP contribution in [-0.4, -0.2) is 15.0 Å². The van der Waals surface area contributed by atoms with Crippen LogP contribution in [0.1, 0.15) is 23.1 Å². The van der Waals surface area contributed by atoms with E-state index in [2.05, 4.69) is 136 Å². The molecule has 26 heavy (non-hydrogen) atoms. The highest BCUT2D eigenvalue weighted by atomic mass is 127. The van der Waals surface area contributed by atoms with Crippen LogP contribution in [0.15, 0.2) is 91.0 Å². The summed E-state index contributed by atoms with van der Waals surface area (Å²) < 4.78 is 9.02. The lowest BCUT2D eigenvalue weighted by atomic mass is 9.80. The van der Waals surface area contributed by atoms with Gasteiger partial charge in [-0.15, -0.1) is 0 Å². The Kier molecular flexibility index (Phi) is 7.52. The number of hydrogen-bond acceptors (Lipinski definition) is 1. The van der Waals surface area contributed by atoms with Gasteiger partial charge in [0, 0.05) is 8.86 Å². The quantitative estimate of drug-likeness (QED) is 0.169. The highest BCUT2D eigenvalue weighted by molar-refractivity contribution is 14.1. The smallest absolute Gasteiger partial charge is 0.144 e. The summed E-state index contributed by atoms with van der Waals surface area (Å²) in [6, 6.07) is 31.8. The van der Waals surface area contributed by atoms with Crippen LogP contribution < -0.4 is 0 Å². The molecule has 3 aromatic rings. The minimum absolute atomic E-state index is 0.188. The summed E-state index contributed by atoms with van der Waals surface area (Å²) in [6.07, 6.45) is 1.23. The van der Waals surface area contributed by atoms with E-state index in [1.54, 1.807) is 0 Å². The van der Waals surface area contributed by atoms with Crippen molar-refractivity contribution >= 4 is 45.2 Å². The summed E-state index contributed by atoms with van der Waals surface area (Å²) in [6.45, 7) is 0. The predicted octanol–water partition coefficient (Wildman–Crippen LogP) is 6.62. The van der Waals surface area contributed by atoms with Crippen molar-refractivity contribution in [2.45, 2.75) is 18.1 Å². The second kappa shape index (κ2) is 9.85. The molecule has 0 saturated carbocycles. The molecular weight excluding hydrogens is 546 g/mol. The van der Waals surface area contributed by atoms with Crippen molar-refractivity contribution < 1.29 is 4.74 Å². The van der Waals surface area contributed by atoms with Crippen molar-refractivity contribution in [3.05, 3.63) is 108 Å². The Hall–Kier alpha value is -0.920. The maximum Gasteiger partial charge on any atom is 0.144 e. The number of hydrogen-bond donors (Lipinski definition) is 0. The number of benzene rings is 3. The summed E-state index contributed by atoms with van der Waals surface area (Å²) in [4.78, 5) is 0. The number of rotatable bonds is 8. The second-order valence-corrected chi connectivity index (χ2v) is 8.11. The topological polar surface area (TPSA) is 9.23 Å². The average molecular weight is 568 g/mol. The van der Waals surface area contributed by atoms with Gasteiger partial charge < -0.3 is 4.74 Å². The first-order chi connectivity index (χ1) is 12.8. The van der Waals surface area contributed by atoms with Gasteiger partial charge in [0.25, 0.3) is 0 Å². The molecule has 0 unspecified atom stereocenters. The minimum Gasteiger partial charge on any atom is -0.357 e. The molecule has 0 N–H and O–H groups in total. The zero-order valence-electron chi connectivity index (χ0n) is 14.5. The van der Waals surface area contributed by atoms with Gasteiger partial charge in [-0.25, -0.2) is 0 Å². The fourth-order valence-electron chi connectivity index (χ4n) is 3.26. The maximum absolute atomic E-state index is 6.97. The lowest BCUT2D eigenvalue weighted by molar-refractivity contribution is -0.0351. The molecule has 0 radical (unpaired) electrons. The Labute approximate surface area is 183 Å². The van der Waals surface area contributed by atoms with Crippen molar-refractivity contribution in [1.29, 1.82) is 0 Å². The van der Waals surface area contributed by atoms with Crippen LogP contribution in [0.3, 0.4) is 0 Å². The van der Waals surface area contributed by atoms with E-state index in [1.807, 2.05) is 0 Å². The van der Waals surface area contributed by atoms with Gasteiger partial charge in [0.05, 0.1) is 6.10 Å². The van der Waals surface area contributed by atoms with Crippen molar-refractivity contribution in [2.24, 2.45) is 0 Å². The van der Waals surface area contributed by atoms with Gasteiger partial charge in [-0.3, -0.25) is 0 Å². The van der Waals surface area contributed by atoms with Crippen LogP contribution in [-0.2, 0) is 10.3 Å². The molecule has 0 fully saturated rings. The summed E-state index contributed by atoms with van der Waals surface area (Å²) >= 11 is 4.88. The molecule has 3 heteroatoms. The zero-order valence-corrected chi connectivity index (χ0v) is 18.8. The average Bonchev–Trinajstić information content (AvgIpc) is 2.73. The lowest BCUT2D eigenvalue weighted by Gasteiger charge is -2.38. The van der Waals surface area contributed by atoms with Gasteiger partial charge in [-0.1, -0.05) is 136 Å². The Morgan fingerprint density at radius 2 is 1.04 bits per heavy atom. The standard InChI is InChI=1S/C23H22I2O/c24-17-16-22(18-25)26-23(19-10-4-1-5-11-19,20-12-6-2-7-13-20)21-14-8-3-9-15-21/h1-15,22H,16-18H2/t22-/m0/s1. The molecule has 0 bridgehead atoms. The van der Waals surface area contributed by atoms with Crippen molar-refractivity contribution in [3.63, 3.8) is 0 Å². The Morgan fingerprint density at radius 3 is 1.35 bits per heavy atom. The largest absolute Gasteiger partial charge is 0.357 e. The molecule has 1 nitrogen and oxygen atoms in total. The molecule has 0 amide bonds. The maximum atomic E-state index is 6.97. The van der Waals surface area contributed by atoms with E-state index in [9.17, 15) is 0 Å². The number of ether oxygens (including phenoxy) is 1. The lowest BCUT2D eigenvalue weighted by Crippen LogP contribution is -2.37. The second-order valence-electron chi connectivity index (χ2n) is 6.15. The third-order valence-corrected chi connectivity index (χ3v) is 6.09. The van der Waals surface area contributed by atoms with Crippen LogP contribution in [0.5, 0.6) is 0 Å². The van der Waals surface area contributed by atoms with E-state index in [0.29, 0.717) is 0 Å². The van der Waals surface area contributed by atoms with Crippen LogP contribution >= 0.6 is 45.2 Å². The molecule has 0 aromatic heterocycles. The van der Waals surface area contributed by atoms with Crippen LogP contribution in [0.2, 0.25) is 0 Å². The first-order valence-corrected chi connectivity index (χ1v) is 11.8. The van der Waals surface area contributed by atoms with Crippen molar-refractivity contribution in [3.8, 4) is 0 Å². The van der Waals surface area contributed by atoms with E-state index in [4.69, 9.17) is 4.74 Å². The zero-order chi connectivity index (χ0) is 18.2. The van der Waals surface area contributed by atoms with E-state index in [1.165, 1.54) is 16.7 Å². The molecule has 3 aromatic carbocycles. The fraction of sp³-hybridized carbons (Fsp3) is 0.217. The van der Waals surface area contributed by atoms with Gasteiger partial charge in [0.15, 0.2) is 0 Å². The molecule has 0 aliphatic heterocycles. The minimum atomic E-state index is -0.606. The van der Waals surface area contributed by atoms with Gasteiger partial charge in [-0.05, 0) is 23.1 Å². The third kappa shape index (κ3) is 4.31. The Balaban J connectivity index is 2.24. The normalized spacial score (nSPS) is 12.7. The van der Waals surface area contributed by atoms with E-state index in [-0.39, 0.29) is 6.10 Å². The molecule has 0 aliphatic carbocycles. The molecule has 134 valence electrons. The van der Waals surface area contributed by atoms with Crippen molar-refractivity contribution in [1.82, 2.24) is 0 Å². The van der Waals surface area contributed by atoms with Gasteiger partial charge in [0.2, 0.25) is 0 Å². The first-order valence-electron chi connectivity index (χ1n) is 8.77. The van der Waals surface area contributed by atoms with E-state index >= 15 is 0 Å². The van der Waals surface area contributed by atoms with E-state index in [0.717, 1.165) is 15.3 Å². The van der Waals surface area contributed by atoms with Crippen LogP contribution in [0, 0.1) is 0 Å².